The number of hydrogen-bond acceptors (Lipinski definition) is 4. The van der Waals surface area contributed by atoms with E-state index in [4.69, 9.17) is 16.3 Å². The highest BCUT2D eigenvalue weighted by Gasteiger charge is 2.54. The minimum Gasteiger partial charge on any atom is -0.511 e. The van der Waals surface area contributed by atoms with Crippen LogP contribution in [0.5, 0.6) is 11.6 Å². The molecule has 2 aromatic rings. The number of Topliss-reactive ketones (excluding diaryl/α,β-unsaturated/α-hetero) is 1. The van der Waals surface area contributed by atoms with Crippen molar-refractivity contribution in [2.75, 3.05) is 0 Å². The molecule has 4 aliphatic carbocycles. The second kappa shape index (κ2) is 8.05. The normalized spacial score (nSPS) is 26.6. The van der Waals surface area contributed by atoms with E-state index in [0.29, 0.717) is 35.6 Å². The Morgan fingerprint density at radius 2 is 1.79 bits per heavy atom. The molecule has 3 fully saturated rings. The number of pyridine rings is 1. The average Bonchev–Trinajstić information content (AvgIpc) is 3.07. The SMILES string of the molecule is CCc1ccc(Oc2ncc(C(F)(F)F)cc2Cl)cc1C1=C(O)C2C3CCC(CC3)C2C1=O. The molecule has 0 radical (unpaired) electrons. The fourth-order valence-electron chi connectivity index (χ4n) is 5.88. The molecule has 8 heteroatoms. The van der Waals surface area contributed by atoms with Crippen LogP contribution in [0.3, 0.4) is 0 Å². The first-order valence-corrected chi connectivity index (χ1v) is 11.6. The van der Waals surface area contributed by atoms with E-state index in [1.807, 2.05) is 6.92 Å². The number of ether oxygens (including phenoxy) is 1. The van der Waals surface area contributed by atoms with Crippen LogP contribution in [0.4, 0.5) is 13.2 Å². The number of aliphatic hydroxyl groups excluding tert-OH is 1. The monoisotopic (exact) mass is 477 g/mol. The summed E-state index contributed by atoms with van der Waals surface area (Å²) in [5.41, 5.74) is 0.882. The Kier molecular flexibility index (Phi) is 5.43. The van der Waals surface area contributed by atoms with Crippen LogP contribution in [-0.2, 0) is 17.4 Å². The number of rotatable bonds is 4. The predicted octanol–water partition coefficient (Wildman–Crippen LogP) is 7.01. The van der Waals surface area contributed by atoms with Crippen LogP contribution in [0.1, 0.15) is 49.3 Å². The number of fused-ring (bicyclic) bond motifs is 2. The number of aromatic nitrogens is 1. The number of aryl methyl sites for hydroxylation is 1. The van der Waals surface area contributed by atoms with Gasteiger partial charge in [-0.2, -0.15) is 13.2 Å². The van der Waals surface area contributed by atoms with E-state index in [9.17, 15) is 23.1 Å². The molecule has 174 valence electrons. The maximum absolute atomic E-state index is 13.5. The van der Waals surface area contributed by atoms with Gasteiger partial charge in [-0.15, -0.1) is 0 Å². The van der Waals surface area contributed by atoms with Crippen LogP contribution in [0.25, 0.3) is 5.57 Å². The largest absolute Gasteiger partial charge is 0.511 e. The minimum absolute atomic E-state index is 0.00978. The first kappa shape index (κ1) is 22.3. The van der Waals surface area contributed by atoms with Crippen LogP contribution in [0, 0.1) is 23.7 Å². The highest BCUT2D eigenvalue weighted by atomic mass is 35.5. The molecule has 1 N–H and O–H groups in total. The van der Waals surface area contributed by atoms with Crippen molar-refractivity contribution in [1.29, 1.82) is 0 Å². The smallest absolute Gasteiger partial charge is 0.417 e. The second-order valence-electron chi connectivity index (χ2n) is 9.13. The van der Waals surface area contributed by atoms with Crippen molar-refractivity contribution in [1.82, 2.24) is 4.98 Å². The van der Waals surface area contributed by atoms with Gasteiger partial charge >= 0.3 is 6.18 Å². The second-order valence-corrected chi connectivity index (χ2v) is 9.54. The molecule has 1 heterocycles. The van der Waals surface area contributed by atoms with Crippen molar-refractivity contribution in [3.05, 3.63) is 57.9 Å². The molecule has 4 nitrogen and oxygen atoms in total. The Balaban J connectivity index is 1.51. The number of hydrogen-bond donors (Lipinski definition) is 1. The van der Waals surface area contributed by atoms with Gasteiger partial charge in [0, 0.05) is 18.0 Å². The van der Waals surface area contributed by atoms with E-state index in [-0.39, 0.29) is 40.0 Å². The van der Waals surface area contributed by atoms with Crippen LogP contribution >= 0.6 is 11.6 Å². The summed E-state index contributed by atoms with van der Waals surface area (Å²) in [6.45, 7) is 1.96. The molecule has 1 aromatic heterocycles. The minimum atomic E-state index is -4.56. The Morgan fingerprint density at radius 3 is 2.36 bits per heavy atom. The van der Waals surface area contributed by atoms with Gasteiger partial charge in [-0.25, -0.2) is 4.98 Å². The van der Waals surface area contributed by atoms with Crippen molar-refractivity contribution in [2.45, 2.75) is 45.2 Å². The zero-order chi connectivity index (χ0) is 23.5. The number of aliphatic hydroxyl groups is 1. The summed E-state index contributed by atoms with van der Waals surface area (Å²) < 4.78 is 44.4. The number of halogens is 4. The van der Waals surface area contributed by atoms with E-state index in [2.05, 4.69) is 4.98 Å². The maximum atomic E-state index is 13.5. The van der Waals surface area contributed by atoms with Crippen LogP contribution in [0.15, 0.2) is 36.2 Å². The molecule has 0 spiro atoms. The molecular weight excluding hydrogens is 455 g/mol. The lowest BCUT2D eigenvalue weighted by Gasteiger charge is -2.44. The first-order valence-electron chi connectivity index (χ1n) is 11.2. The van der Waals surface area contributed by atoms with Crippen molar-refractivity contribution in [2.24, 2.45) is 23.7 Å². The maximum Gasteiger partial charge on any atom is 0.417 e. The van der Waals surface area contributed by atoms with Gasteiger partial charge in [0.05, 0.1) is 11.1 Å². The van der Waals surface area contributed by atoms with Crippen LogP contribution in [-0.4, -0.2) is 15.9 Å². The molecule has 0 amide bonds. The molecule has 0 saturated heterocycles. The molecular formula is C25H23ClF3NO3. The summed E-state index contributed by atoms with van der Waals surface area (Å²) in [6.07, 6.45) is 0.879. The third-order valence-corrected chi connectivity index (χ3v) is 7.69. The van der Waals surface area contributed by atoms with E-state index in [0.717, 1.165) is 37.3 Å². The molecule has 6 rings (SSSR count). The van der Waals surface area contributed by atoms with Gasteiger partial charge in [-0.05, 0) is 73.3 Å². The predicted molar refractivity (Wildman–Crippen MR) is 117 cm³/mol. The van der Waals surface area contributed by atoms with Crippen LogP contribution < -0.4 is 4.74 Å². The van der Waals surface area contributed by atoms with E-state index >= 15 is 0 Å². The Labute approximate surface area is 194 Å². The van der Waals surface area contributed by atoms with Gasteiger partial charge in [0.15, 0.2) is 5.78 Å². The standard InChI is InChI=1S/C25H23ClF3NO3/c1-2-12-7-8-16(33-24-18(26)9-15(11-30-24)25(27,28)29)10-17(12)21-22(31)19-13-3-4-14(6-5-13)20(19)23(21)32/h7-11,13-14,19-20,31H,2-6H2,1H3. The molecule has 4 aliphatic rings. The number of allylic oxidation sites excluding steroid dienone is 2. The topological polar surface area (TPSA) is 59.4 Å². The summed E-state index contributed by atoms with van der Waals surface area (Å²) in [6, 6.07) is 5.87. The zero-order valence-electron chi connectivity index (χ0n) is 18.0. The number of carbonyl (C=O) groups is 1. The molecule has 2 unspecified atom stereocenters. The number of ketones is 1. The lowest BCUT2D eigenvalue weighted by Crippen LogP contribution is -2.41. The number of carbonyl (C=O) groups excluding carboxylic acids is 1. The number of benzene rings is 1. The quantitative estimate of drug-likeness (QED) is 0.514. The third kappa shape index (κ3) is 3.70. The summed E-state index contributed by atoms with van der Waals surface area (Å²) in [4.78, 5) is 17.2. The van der Waals surface area contributed by atoms with Crippen LogP contribution in [0.2, 0.25) is 5.02 Å². The fourth-order valence-corrected chi connectivity index (χ4v) is 6.08. The highest BCUT2D eigenvalue weighted by molar-refractivity contribution is 6.31. The van der Waals surface area contributed by atoms with E-state index in [1.165, 1.54) is 0 Å². The lowest BCUT2D eigenvalue weighted by molar-refractivity contribution is -0.137. The summed E-state index contributed by atoms with van der Waals surface area (Å²) >= 11 is 5.99. The number of alkyl halides is 3. The van der Waals surface area contributed by atoms with Gasteiger partial charge < -0.3 is 9.84 Å². The van der Waals surface area contributed by atoms with E-state index in [1.54, 1.807) is 18.2 Å². The summed E-state index contributed by atoms with van der Waals surface area (Å²) in [5, 5.41) is 10.9. The molecule has 3 saturated carbocycles. The van der Waals surface area contributed by atoms with Gasteiger partial charge in [0.25, 0.3) is 0 Å². The Hall–Kier alpha value is -2.54. The van der Waals surface area contributed by atoms with Gasteiger partial charge in [-0.3, -0.25) is 4.79 Å². The summed E-state index contributed by atoms with van der Waals surface area (Å²) in [5.74, 6) is 0.659. The van der Waals surface area contributed by atoms with Crippen molar-refractivity contribution in [3.8, 4) is 11.6 Å². The third-order valence-electron chi connectivity index (χ3n) is 7.42. The lowest BCUT2D eigenvalue weighted by atomic mass is 9.59. The molecule has 2 atom stereocenters. The molecule has 2 bridgehead atoms. The van der Waals surface area contributed by atoms with Crippen molar-refractivity contribution >= 4 is 23.0 Å². The molecule has 1 aromatic carbocycles. The highest BCUT2D eigenvalue weighted by Crippen LogP contribution is 2.57. The summed E-state index contributed by atoms with van der Waals surface area (Å²) in [7, 11) is 0. The zero-order valence-corrected chi connectivity index (χ0v) is 18.7. The van der Waals surface area contributed by atoms with Crippen molar-refractivity contribution < 1.29 is 27.8 Å². The average molecular weight is 478 g/mol. The van der Waals surface area contributed by atoms with Gasteiger partial charge in [0.1, 0.15) is 16.5 Å². The molecule has 33 heavy (non-hydrogen) atoms. The van der Waals surface area contributed by atoms with Gasteiger partial charge in [0.2, 0.25) is 5.88 Å². The first-order chi connectivity index (χ1) is 15.7. The van der Waals surface area contributed by atoms with Gasteiger partial charge in [-0.1, -0.05) is 24.6 Å². The molecule has 0 aliphatic heterocycles. The van der Waals surface area contributed by atoms with Crippen molar-refractivity contribution in [3.63, 3.8) is 0 Å². The van der Waals surface area contributed by atoms with E-state index < -0.39 is 11.7 Å². The number of nitrogens with zero attached hydrogens (tertiary/aromatic N) is 1. The fraction of sp³-hybridized carbons (Fsp3) is 0.440. The Morgan fingerprint density at radius 1 is 1.12 bits per heavy atom. The Bertz CT molecular complexity index is 1150.